The molecule has 7 N–H and O–H groups in total. The van der Waals surface area contributed by atoms with E-state index in [1.165, 1.54) is 6.07 Å². The van der Waals surface area contributed by atoms with Crippen LogP contribution in [0.25, 0.3) is 0 Å². The second-order valence-electron chi connectivity index (χ2n) is 9.77. The molecule has 2 aromatic carbocycles. The summed E-state index contributed by atoms with van der Waals surface area (Å²) >= 11 is 0. The number of fused-ring (bicyclic) bond motifs is 1. The van der Waals surface area contributed by atoms with E-state index in [9.17, 15) is 40.5 Å². The second kappa shape index (κ2) is 11.0. The molecule has 39 heavy (non-hydrogen) atoms. The maximum absolute atomic E-state index is 12.8. The predicted octanol–water partition coefficient (Wildman–Crippen LogP) is -1.26. The quantitative estimate of drug-likeness (QED) is 0.215. The number of ketones is 1. The Morgan fingerprint density at radius 2 is 1.77 bits per heavy atom. The Bertz CT molecular complexity index is 1180. The zero-order valence-corrected chi connectivity index (χ0v) is 20.6. The lowest BCUT2D eigenvalue weighted by Crippen LogP contribution is -2.62. The minimum Gasteiger partial charge on any atom is -0.507 e. The Kier molecular flexibility index (Phi) is 7.79. The maximum atomic E-state index is 12.8. The van der Waals surface area contributed by atoms with Gasteiger partial charge in [-0.1, -0.05) is 30.3 Å². The molecule has 0 bridgehead atoms. The lowest BCUT2D eigenvalue weighted by molar-refractivity contribution is -0.318. The highest BCUT2D eigenvalue weighted by Crippen LogP contribution is 2.42. The monoisotopic (exact) mass is 550 g/mol. The number of hydrogen-bond donors (Lipinski definition) is 7. The zero-order valence-electron chi connectivity index (χ0n) is 20.6. The topological polar surface area (TPSA) is 205 Å². The molecular weight excluding hydrogens is 520 g/mol. The minimum atomic E-state index is -2.02. The summed E-state index contributed by atoms with van der Waals surface area (Å²) in [6, 6.07) is 11.5. The summed E-state index contributed by atoms with van der Waals surface area (Å²) in [6.07, 6.45) is -11.6. The van der Waals surface area contributed by atoms with Crippen LogP contribution in [0, 0.1) is 0 Å². The van der Waals surface area contributed by atoms with Crippen LogP contribution in [0.15, 0.2) is 42.5 Å². The predicted molar refractivity (Wildman–Crippen MR) is 128 cm³/mol. The molecule has 13 nitrogen and oxygen atoms in total. The first-order valence-electron chi connectivity index (χ1n) is 12.3. The van der Waals surface area contributed by atoms with Crippen LogP contribution in [0.1, 0.15) is 28.4 Å². The third-order valence-corrected chi connectivity index (χ3v) is 7.09. The van der Waals surface area contributed by atoms with Crippen molar-refractivity contribution < 1.29 is 64.2 Å². The fourth-order valence-electron chi connectivity index (χ4n) is 4.83. The number of benzene rings is 2. The first-order valence-corrected chi connectivity index (χ1v) is 12.3. The highest BCUT2D eigenvalue weighted by molar-refractivity contribution is 6.02. The van der Waals surface area contributed by atoms with Crippen molar-refractivity contribution in [3.05, 3.63) is 53.6 Å². The number of aliphatic hydroxyl groups excluding tert-OH is 5. The fraction of sp³-hybridized carbons (Fsp3) is 0.500. The van der Waals surface area contributed by atoms with Gasteiger partial charge in [-0.2, -0.15) is 0 Å². The molecule has 0 radical (unpaired) electrons. The largest absolute Gasteiger partial charge is 0.507 e. The number of aliphatic hydroxyl groups is 6. The molecule has 0 amide bonds. The number of hydrogen-bond acceptors (Lipinski definition) is 13. The summed E-state index contributed by atoms with van der Waals surface area (Å²) in [5.74, 6) is -0.780. The van der Waals surface area contributed by atoms with Gasteiger partial charge in [0.25, 0.3) is 0 Å². The third kappa shape index (κ3) is 5.20. The molecule has 2 saturated heterocycles. The van der Waals surface area contributed by atoms with Crippen molar-refractivity contribution >= 4 is 5.78 Å². The molecule has 212 valence electrons. The molecule has 3 aliphatic rings. The number of aromatic hydroxyl groups is 1. The van der Waals surface area contributed by atoms with Gasteiger partial charge >= 0.3 is 0 Å². The van der Waals surface area contributed by atoms with E-state index in [0.717, 1.165) is 11.6 Å². The number of carbonyl (C=O) groups excluding carboxylic acids is 1. The van der Waals surface area contributed by atoms with Crippen LogP contribution >= 0.6 is 0 Å². The molecule has 2 aromatic rings. The molecular formula is C26H30O13. The summed E-state index contributed by atoms with van der Waals surface area (Å²) in [5.41, 5.74) is -1.29. The number of phenolic OH excluding ortho intramolecular Hbond substituents is 1. The van der Waals surface area contributed by atoms with Crippen molar-refractivity contribution in [3.63, 3.8) is 0 Å². The van der Waals surface area contributed by atoms with Crippen LogP contribution in [-0.4, -0.2) is 110 Å². The van der Waals surface area contributed by atoms with E-state index < -0.39 is 80.4 Å². The molecule has 0 aliphatic carbocycles. The van der Waals surface area contributed by atoms with Crippen molar-refractivity contribution in [2.24, 2.45) is 0 Å². The molecule has 5 rings (SSSR count). The Balaban J connectivity index is 1.41. The molecule has 9 atom stereocenters. The van der Waals surface area contributed by atoms with Gasteiger partial charge in [-0.15, -0.1) is 0 Å². The van der Waals surface area contributed by atoms with Crippen LogP contribution in [-0.2, 0) is 14.2 Å². The Hall–Kier alpha value is -2.85. The summed E-state index contributed by atoms with van der Waals surface area (Å²) < 4.78 is 28.3. The van der Waals surface area contributed by atoms with Gasteiger partial charge in [0.15, 0.2) is 18.2 Å². The van der Waals surface area contributed by atoms with Gasteiger partial charge in [0.05, 0.1) is 26.2 Å². The van der Waals surface area contributed by atoms with Crippen molar-refractivity contribution in [2.75, 3.05) is 19.8 Å². The lowest BCUT2D eigenvalue weighted by atomic mass is 9.95. The highest BCUT2D eigenvalue weighted by atomic mass is 16.8. The van der Waals surface area contributed by atoms with E-state index in [0.29, 0.717) is 0 Å². The average Bonchev–Trinajstić information content (AvgIpc) is 3.21. The number of rotatable bonds is 7. The van der Waals surface area contributed by atoms with Crippen molar-refractivity contribution in [1.29, 1.82) is 0 Å². The normalized spacial score (nSPS) is 36.3. The summed E-state index contributed by atoms with van der Waals surface area (Å²) in [5, 5.41) is 71.4. The van der Waals surface area contributed by atoms with Crippen LogP contribution in [0.3, 0.4) is 0 Å². The first-order chi connectivity index (χ1) is 18.6. The van der Waals surface area contributed by atoms with Gasteiger partial charge in [0.2, 0.25) is 6.29 Å². The molecule has 13 heteroatoms. The fourth-order valence-corrected chi connectivity index (χ4v) is 4.83. The Morgan fingerprint density at radius 1 is 1.03 bits per heavy atom. The summed E-state index contributed by atoms with van der Waals surface area (Å²) in [7, 11) is 0. The molecule has 0 aromatic heterocycles. The summed E-state index contributed by atoms with van der Waals surface area (Å²) in [6.45, 7) is -1.99. The van der Waals surface area contributed by atoms with Gasteiger partial charge in [0, 0.05) is 12.1 Å². The molecule has 3 heterocycles. The average molecular weight is 551 g/mol. The van der Waals surface area contributed by atoms with Crippen LogP contribution in [0.4, 0.5) is 0 Å². The second-order valence-corrected chi connectivity index (χ2v) is 9.77. The Morgan fingerprint density at radius 3 is 2.44 bits per heavy atom. The van der Waals surface area contributed by atoms with Gasteiger partial charge in [-0.25, -0.2) is 0 Å². The molecule has 0 saturated carbocycles. The number of ether oxygens (including phenoxy) is 5. The number of phenols is 1. The van der Waals surface area contributed by atoms with Gasteiger partial charge < -0.3 is 59.4 Å². The van der Waals surface area contributed by atoms with Gasteiger partial charge in [-0.3, -0.25) is 4.79 Å². The molecule has 0 unspecified atom stereocenters. The standard InChI is InChI=1S/C26H30O13/c27-9-18-20(31)21(32)22(39-25-23(33)26(34,10-28)11-35-25)24(38-18)36-13-6-14(29)19-15(30)8-16(37-17(19)7-13)12-4-2-1-3-5-12/h1-7,16,18,20-25,27-29,31-34H,8-11H2/t16-,18+,20+,21-,22+,23-,24+,25-,26+/m0/s1. The maximum Gasteiger partial charge on any atom is 0.229 e. The minimum absolute atomic E-state index is 0.0125. The SMILES string of the molecule is O=C1C[C@@H](c2ccccc2)Oc2cc(O[C@@H]3O[C@H](CO)[C@@H](O)[C@H](O)[C@H]3O[C@@H]3OC[C@](O)(CO)[C@H]3O)cc(O)c21. The van der Waals surface area contributed by atoms with E-state index in [-0.39, 0.29) is 29.3 Å². The van der Waals surface area contributed by atoms with Crippen molar-refractivity contribution in [1.82, 2.24) is 0 Å². The summed E-state index contributed by atoms with van der Waals surface area (Å²) in [4.78, 5) is 12.8. The van der Waals surface area contributed by atoms with Crippen LogP contribution < -0.4 is 9.47 Å². The van der Waals surface area contributed by atoms with E-state index in [1.807, 2.05) is 6.07 Å². The van der Waals surface area contributed by atoms with Crippen molar-refractivity contribution in [3.8, 4) is 17.2 Å². The zero-order chi connectivity index (χ0) is 27.9. The lowest BCUT2D eigenvalue weighted by Gasteiger charge is -2.42. The number of Topliss-reactive ketones (excluding diaryl/α,β-unsaturated/α-hetero) is 1. The van der Waals surface area contributed by atoms with Gasteiger partial charge in [-0.05, 0) is 5.56 Å². The third-order valence-electron chi connectivity index (χ3n) is 7.09. The molecule has 0 spiro atoms. The molecule has 2 fully saturated rings. The van der Waals surface area contributed by atoms with E-state index >= 15 is 0 Å². The first kappa shape index (κ1) is 27.7. The Labute approximate surface area is 222 Å². The van der Waals surface area contributed by atoms with Crippen LogP contribution in [0.2, 0.25) is 0 Å². The van der Waals surface area contributed by atoms with E-state index in [4.69, 9.17) is 23.7 Å². The number of carbonyl (C=O) groups is 1. The van der Waals surface area contributed by atoms with E-state index in [1.54, 1.807) is 24.3 Å². The van der Waals surface area contributed by atoms with Crippen LogP contribution in [0.5, 0.6) is 17.2 Å². The highest BCUT2D eigenvalue weighted by Gasteiger charge is 2.53. The smallest absolute Gasteiger partial charge is 0.229 e. The van der Waals surface area contributed by atoms with E-state index in [2.05, 4.69) is 0 Å². The van der Waals surface area contributed by atoms with Gasteiger partial charge in [0.1, 0.15) is 58.9 Å². The molecule has 3 aliphatic heterocycles. The van der Waals surface area contributed by atoms with Crippen molar-refractivity contribution in [2.45, 2.75) is 61.2 Å².